The molecule has 3 heterocycles. The minimum absolute atomic E-state index is 0.00867. The van der Waals surface area contributed by atoms with Gasteiger partial charge in [-0.1, -0.05) is 51.3 Å². The molecule has 1 saturated heterocycles. The lowest BCUT2D eigenvalue weighted by Crippen LogP contribution is -2.48. The summed E-state index contributed by atoms with van der Waals surface area (Å²) >= 11 is 15.9. The highest BCUT2D eigenvalue weighted by atomic mass is 79.9. The number of likely N-dealkylation sites (N-methyl/N-ethyl adjacent to an activating group) is 1. The molecular formula is C24H24BrCl2N5O3S. The van der Waals surface area contributed by atoms with Crippen LogP contribution < -0.4 is 4.90 Å². The van der Waals surface area contributed by atoms with Gasteiger partial charge in [0.1, 0.15) is 5.54 Å². The number of fused-ring (bicyclic) bond motifs is 1. The van der Waals surface area contributed by atoms with E-state index in [0.717, 1.165) is 10.0 Å². The van der Waals surface area contributed by atoms with Crippen LogP contribution in [0.15, 0.2) is 58.2 Å². The fourth-order valence-electron chi connectivity index (χ4n) is 4.77. The lowest BCUT2D eigenvalue weighted by molar-refractivity contribution is -0.124. The Morgan fingerprint density at radius 1 is 1.03 bits per heavy atom. The Kier molecular flexibility index (Phi) is 6.72. The Morgan fingerprint density at radius 2 is 1.64 bits per heavy atom. The van der Waals surface area contributed by atoms with Crippen LogP contribution in [0.2, 0.25) is 10.0 Å². The summed E-state index contributed by atoms with van der Waals surface area (Å²) in [5.74, 6) is -0.104. The van der Waals surface area contributed by atoms with Crippen LogP contribution in [0.4, 0.5) is 11.6 Å². The second-order valence-electron chi connectivity index (χ2n) is 9.28. The molecule has 2 aliphatic heterocycles. The third kappa shape index (κ3) is 4.37. The first-order valence-corrected chi connectivity index (χ1v) is 14.3. The molecule has 3 aromatic rings. The number of aromatic nitrogens is 2. The number of rotatable bonds is 5. The smallest absolute Gasteiger partial charge is 0.260 e. The topological polar surface area (TPSA) is 78.8 Å². The molecule has 0 saturated carbocycles. The number of imidazole rings is 1. The van der Waals surface area contributed by atoms with Crippen LogP contribution in [0.3, 0.4) is 0 Å². The van der Waals surface area contributed by atoms with Crippen LogP contribution in [0.5, 0.6) is 0 Å². The number of sulfonamides is 1. The Bertz CT molecular complexity index is 1420. The SMILES string of the molecule is CN1CCN(S(=O)(=O)c2cnc3n2C(C)(Cc2ccc(Br)cc2)C(=O)N3c2cc(Cl)cc(Cl)c2)CC1. The molecule has 0 N–H and O–H groups in total. The zero-order chi connectivity index (χ0) is 25.8. The van der Waals surface area contributed by atoms with Gasteiger partial charge in [-0.25, -0.2) is 18.3 Å². The number of nitrogens with zero attached hydrogens (tertiary/aromatic N) is 5. The van der Waals surface area contributed by atoms with Gasteiger partial charge in [-0.3, -0.25) is 9.36 Å². The van der Waals surface area contributed by atoms with Crippen molar-refractivity contribution in [2.75, 3.05) is 38.1 Å². The second-order valence-corrected chi connectivity index (χ2v) is 13.0. The molecule has 0 aliphatic carbocycles. The Balaban J connectivity index is 1.66. The molecule has 0 bridgehead atoms. The third-order valence-electron chi connectivity index (χ3n) is 6.70. The summed E-state index contributed by atoms with van der Waals surface area (Å²) < 4.78 is 31.6. The maximum atomic E-state index is 14.1. The van der Waals surface area contributed by atoms with Crippen molar-refractivity contribution in [1.82, 2.24) is 18.8 Å². The van der Waals surface area contributed by atoms with Crippen molar-refractivity contribution >= 4 is 66.7 Å². The summed E-state index contributed by atoms with van der Waals surface area (Å²) in [6.07, 6.45) is 1.60. The van der Waals surface area contributed by atoms with Crippen molar-refractivity contribution in [1.29, 1.82) is 0 Å². The standard InChI is InChI=1S/C24H24BrCl2N5O3S/c1-24(14-16-3-5-17(25)6-4-16)22(33)31(20-12-18(26)11-19(27)13-20)23-28-15-21(32(23)24)36(34,35)30-9-7-29(2)8-10-30/h3-6,11-13,15H,7-10,14H2,1-2H3. The maximum absolute atomic E-state index is 14.1. The van der Waals surface area contributed by atoms with E-state index < -0.39 is 15.6 Å². The third-order valence-corrected chi connectivity index (χ3v) is 9.53. The average molecular weight is 613 g/mol. The van der Waals surface area contributed by atoms with Crippen LogP contribution >= 0.6 is 39.1 Å². The van der Waals surface area contributed by atoms with Crippen LogP contribution in [-0.4, -0.2) is 66.3 Å². The van der Waals surface area contributed by atoms with Gasteiger partial charge >= 0.3 is 0 Å². The van der Waals surface area contributed by atoms with Crippen LogP contribution in [0.1, 0.15) is 12.5 Å². The van der Waals surface area contributed by atoms with E-state index in [1.165, 1.54) is 15.4 Å². The van der Waals surface area contributed by atoms with Crippen molar-refractivity contribution in [3.8, 4) is 0 Å². The summed E-state index contributed by atoms with van der Waals surface area (Å²) in [5.41, 5.74) is 0.0405. The van der Waals surface area contributed by atoms with E-state index in [1.54, 1.807) is 29.7 Å². The fourth-order valence-corrected chi connectivity index (χ4v) is 7.16. The van der Waals surface area contributed by atoms with Crippen molar-refractivity contribution in [2.45, 2.75) is 23.9 Å². The number of benzene rings is 2. The monoisotopic (exact) mass is 611 g/mol. The van der Waals surface area contributed by atoms with Gasteiger partial charge in [0.25, 0.3) is 15.9 Å². The minimum Gasteiger partial charge on any atom is -0.304 e. The summed E-state index contributed by atoms with van der Waals surface area (Å²) in [4.78, 5) is 22.0. The quantitative estimate of drug-likeness (QED) is 0.423. The number of carbonyl (C=O) groups is 1. The van der Waals surface area contributed by atoms with E-state index in [1.807, 2.05) is 31.3 Å². The van der Waals surface area contributed by atoms with Crippen molar-refractivity contribution < 1.29 is 13.2 Å². The van der Waals surface area contributed by atoms with Crippen LogP contribution in [-0.2, 0) is 26.8 Å². The molecule has 1 atom stereocenters. The molecule has 1 unspecified atom stereocenters. The zero-order valence-corrected chi connectivity index (χ0v) is 23.6. The highest BCUT2D eigenvalue weighted by Gasteiger charge is 2.52. The van der Waals surface area contributed by atoms with Gasteiger partial charge in [0.15, 0.2) is 5.03 Å². The number of carbonyl (C=O) groups excluding carboxylic acids is 1. The molecule has 190 valence electrons. The number of piperazine rings is 1. The lowest BCUT2D eigenvalue weighted by atomic mass is 9.92. The maximum Gasteiger partial charge on any atom is 0.260 e. The first-order chi connectivity index (χ1) is 17.0. The predicted octanol–water partition coefficient (Wildman–Crippen LogP) is 4.52. The first kappa shape index (κ1) is 25.7. The molecule has 5 rings (SSSR count). The van der Waals surface area contributed by atoms with E-state index in [2.05, 4.69) is 25.8 Å². The lowest BCUT2D eigenvalue weighted by Gasteiger charge is -2.33. The number of anilines is 2. The van der Waals surface area contributed by atoms with E-state index in [-0.39, 0.29) is 23.3 Å². The van der Waals surface area contributed by atoms with E-state index in [0.29, 0.717) is 41.9 Å². The summed E-state index contributed by atoms with van der Waals surface area (Å²) in [6, 6.07) is 12.4. The van der Waals surface area contributed by atoms with Gasteiger partial charge in [-0.15, -0.1) is 0 Å². The number of hydrogen-bond acceptors (Lipinski definition) is 5. The van der Waals surface area contributed by atoms with Crippen molar-refractivity contribution in [3.63, 3.8) is 0 Å². The van der Waals surface area contributed by atoms with E-state index in [9.17, 15) is 13.2 Å². The molecule has 8 nitrogen and oxygen atoms in total. The molecule has 12 heteroatoms. The molecule has 1 aromatic heterocycles. The molecule has 0 spiro atoms. The van der Waals surface area contributed by atoms with Gasteiger partial charge < -0.3 is 4.90 Å². The normalized spacial score (nSPS) is 21.2. The molecule has 2 aromatic carbocycles. The largest absolute Gasteiger partial charge is 0.304 e. The number of amides is 1. The molecule has 1 fully saturated rings. The van der Waals surface area contributed by atoms with Gasteiger partial charge in [0.2, 0.25) is 5.95 Å². The van der Waals surface area contributed by atoms with Crippen molar-refractivity contribution in [3.05, 3.63) is 68.7 Å². The summed E-state index contributed by atoms with van der Waals surface area (Å²) in [5, 5.41) is 0.705. The van der Waals surface area contributed by atoms with Crippen molar-refractivity contribution in [2.24, 2.45) is 0 Å². The first-order valence-electron chi connectivity index (χ1n) is 11.3. The van der Waals surface area contributed by atoms with Gasteiger partial charge in [0.05, 0.1) is 11.9 Å². The molecular weight excluding hydrogens is 589 g/mol. The average Bonchev–Trinajstić information content (AvgIpc) is 3.34. The summed E-state index contributed by atoms with van der Waals surface area (Å²) in [7, 11) is -1.95. The van der Waals surface area contributed by atoms with Crippen LogP contribution in [0, 0.1) is 0 Å². The fraction of sp³-hybridized carbons (Fsp3) is 0.333. The molecule has 2 aliphatic rings. The zero-order valence-electron chi connectivity index (χ0n) is 19.7. The van der Waals surface area contributed by atoms with Gasteiger partial charge in [-0.05, 0) is 49.9 Å². The number of hydrogen-bond donors (Lipinski definition) is 0. The highest BCUT2D eigenvalue weighted by molar-refractivity contribution is 9.10. The van der Waals surface area contributed by atoms with Gasteiger partial charge in [0, 0.05) is 47.1 Å². The summed E-state index contributed by atoms with van der Waals surface area (Å²) in [6.45, 7) is 3.73. The minimum atomic E-state index is -3.91. The Labute approximate surface area is 228 Å². The van der Waals surface area contributed by atoms with Gasteiger partial charge in [-0.2, -0.15) is 4.31 Å². The highest BCUT2D eigenvalue weighted by Crippen LogP contribution is 2.44. The number of halogens is 3. The van der Waals surface area contributed by atoms with E-state index in [4.69, 9.17) is 23.2 Å². The Hall–Kier alpha value is -1.95. The van der Waals surface area contributed by atoms with Crippen LogP contribution in [0.25, 0.3) is 0 Å². The molecule has 1 amide bonds. The second kappa shape index (κ2) is 9.41. The van der Waals surface area contributed by atoms with E-state index >= 15 is 0 Å². The molecule has 0 radical (unpaired) electrons. The molecule has 36 heavy (non-hydrogen) atoms. The predicted molar refractivity (Wildman–Crippen MR) is 144 cm³/mol. The Morgan fingerprint density at radius 3 is 2.25 bits per heavy atom.